The number of hydrogen-bond acceptors (Lipinski definition) is 4. The van der Waals surface area contributed by atoms with Gasteiger partial charge in [0, 0.05) is 43.1 Å². The van der Waals surface area contributed by atoms with Crippen LogP contribution in [0.25, 0.3) is 0 Å². The summed E-state index contributed by atoms with van der Waals surface area (Å²) >= 11 is 0. The Labute approximate surface area is 145 Å². The lowest BCUT2D eigenvalue weighted by atomic mass is 9.91. The maximum Gasteiger partial charge on any atom is 0.335 e. The van der Waals surface area contributed by atoms with Crippen LogP contribution < -0.4 is 5.32 Å². The summed E-state index contributed by atoms with van der Waals surface area (Å²) in [7, 11) is 0. The van der Waals surface area contributed by atoms with Crippen molar-refractivity contribution in [3.8, 4) is 0 Å². The van der Waals surface area contributed by atoms with Crippen LogP contribution in [0.5, 0.6) is 0 Å². The predicted octanol–water partition coefficient (Wildman–Crippen LogP) is 1.33. The van der Waals surface area contributed by atoms with Gasteiger partial charge < -0.3 is 20.4 Å². The predicted molar refractivity (Wildman–Crippen MR) is 90.1 cm³/mol. The zero-order valence-electron chi connectivity index (χ0n) is 14.1. The van der Waals surface area contributed by atoms with Gasteiger partial charge in [0.05, 0.1) is 0 Å². The SMILES string of the molecule is CC1CC1C(=O)Nc1ccc(C(=O)N2CCC(O)(C(=O)O)CC2)cc1. The molecule has 2 amide bonds. The monoisotopic (exact) mass is 346 g/mol. The van der Waals surface area contributed by atoms with E-state index in [2.05, 4.69) is 5.32 Å². The fourth-order valence-electron chi connectivity index (χ4n) is 3.09. The first-order chi connectivity index (χ1) is 11.8. The van der Waals surface area contributed by atoms with Crippen LogP contribution in [0.3, 0.4) is 0 Å². The second-order valence-corrected chi connectivity index (χ2v) is 7.02. The Bertz CT molecular complexity index is 692. The summed E-state index contributed by atoms with van der Waals surface area (Å²) in [6.45, 7) is 2.43. The first kappa shape index (κ1) is 17.4. The highest BCUT2D eigenvalue weighted by molar-refractivity contribution is 5.97. The number of likely N-dealkylation sites (tertiary alicyclic amines) is 1. The van der Waals surface area contributed by atoms with E-state index in [9.17, 15) is 19.5 Å². The molecule has 7 heteroatoms. The van der Waals surface area contributed by atoms with E-state index in [4.69, 9.17) is 5.11 Å². The van der Waals surface area contributed by atoms with E-state index in [1.807, 2.05) is 6.92 Å². The molecule has 0 spiro atoms. The van der Waals surface area contributed by atoms with Gasteiger partial charge in [0.2, 0.25) is 5.91 Å². The van der Waals surface area contributed by atoms with Crippen molar-refractivity contribution in [3.05, 3.63) is 29.8 Å². The minimum atomic E-state index is -1.75. The lowest BCUT2D eigenvalue weighted by Crippen LogP contribution is -2.50. The molecule has 2 atom stereocenters. The van der Waals surface area contributed by atoms with E-state index < -0.39 is 11.6 Å². The van der Waals surface area contributed by atoms with Gasteiger partial charge >= 0.3 is 5.97 Å². The Morgan fingerprint density at radius 1 is 1.16 bits per heavy atom. The van der Waals surface area contributed by atoms with Gasteiger partial charge in [0.1, 0.15) is 0 Å². The fourth-order valence-corrected chi connectivity index (χ4v) is 3.09. The standard InChI is InChI=1S/C18H22N2O5/c1-11-10-14(11)15(21)19-13-4-2-12(3-5-13)16(22)20-8-6-18(25,7-9-20)17(23)24/h2-5,11,14,25H,6-10H2,1H3,(H,19,21)(H,23,24). The number of amides is 2. The molecule has 0 aromatic heterocycles. The van der Waals surface area contributed by atoms with Crippen molar-refractivity contribution < 1.29 is 24.6 Å². The van der Waals surface area contributed by atoms with Crippen molar-refractivity contribution in [2.24, 2.45) is 11.8 Å². The second-order valence-electron chi connectivity index (χ2n) is 7.02. The molecule has 1 aliphatic heterocycles. The number of aliphatic carboxylic acids is 1. The first-order valence-electron chi connectivity index (χ1n) is 8.46. The molecule has 1 aliphatic carbocycles. The molecule has 0 bridgehead atoms. The van der Waals surface area contributed by atoms with E-state index in [1.165, 1.54) is 4.90 Å². The highest BCUT2D eigenvalue weighted by Gasteiger charge is 2.41. The first-order valence-corrected chi connectivity index (χ1v) is 8.46. The second kappa shape index (κ2) is 6.48. The van der Waals surface area contributed by atoms with Gasteiger partial charge in [-0.1, -0.05) is 6.92 Å². The van der Waals surface area contributed by atoms with Crippen LogP contribution in [0.1, 0.15) is 36.5 Å². The highest BCUT2D eigenvalue weighted by atomic mass is 16.4. The van der Waals surface area contributed by atoms with E-state index in [0.717, 1.165) is 6.42 Å². The summed E-state index contributed by atoms with van der Waals surface area (Å²) in [5.41, 5.74) is -0.622. The van der Waals surface area contributed by atoms with Crippen molar-refractivity contribution in [3.63, 3.8) is 0 Å². The van der Waals surface area contributed by atoms with Gasteiger partial charge in [-0.05, 0) is 36.6 Å². The zero-order valence-corrected chi connectivity index (χ0v) is 14.1. The minimum absolute atomic E-state index is 0.00978. The van der Waals surface area contributed by atoms with Gasteiger partial charge in [0.15, 0.2) is 5.60 Å². The molecule has 1 saturated carbocycles. The number of carbonyl (C=O) groups excluding carboxylic acids is 2. The molecular formula is C18H22N2O5. The number of rotatable bonds is 4. The number of benzene rings is 1. The zero-order chi connectivity index (χ0) is 18.2. The molecule has 0 radical (unpaired) electrons. The van der Waals surface area contributed by atoms with Gasteiger partial charge in [0.25, 0.3) is 5.91 Å². The number of hydrogen-bond donors (Lipinski definition) is 3. The van der Waals surface area contributed by atoms with E-state index >= 15 is 0 Å². The molecule has 3 rings (SSSR count). The third-order valence-corrected chi connectivity index (χ3v) is 5.12. The van der Waals surface area contributed by atoms with Crippen molar-refractivity contribution in [2.75, 3.05) is 18.4 Å². The fraction of sp³-hybridized carbons (Fsp3) is 0.500. The molecule has 7 nitrogen and oxygen atoms in total. The average Bonchev–Trinajstić information content (AvgIpc) is 3.32. The molecule has 25 heavy (non-hydrogen) atoms. The van der Waals surface area contributed by atoms with Gasteiger partial charge in [-0.2, -0.15) is 0 Å². The van der Waals surface area contributed by atoms with Crippen LogP contribution in [-0.2, 0) is 9.59 Å². The molecule has 1 heterocycles. The third-order valence-electron chi connectivity index (χ3n) is 5.12. The quantitative estimate of drug-likeness (QED) is 0.762. The molecule has 2 fully saturated rings. The Hall–Kier alpha value is -2.41. The topological polar surface area (TPSA) is 107 Å². The maximum absolute atomic E-state index is 12.5. The molecule has 1 aromatic rings. The highest BCUT2D eigenvalue weighted by Crippen LogP contribution is 2.38. The van der Waals surface area contributed by atoms with E-state index in [0.29, 0.717) is 17.2 Å². The summed E-state index contributed by atoms with van der Waals surface area (Å²) in [6, 6.07) is 6.67. The Balaban J connectivity index is 1.58. The van der Waals surface area contributed by atoms with Crippen LogP contribution in [0.4, 0.5) is 5.69 Å². The van der Waals surface area contributed by atoms with Crippen molar-refractivity contribution >= 4 is 23.5 Å². The number of piperidine rings is 1. The summed E-state index contributed by atoms with van der Waals surface area (Å²) in [5.74, 6) is -0.923. The largest absolute Gasteiger partial charge is 0.479 e. The molecule has 2 aliphatic rings. The number of carboxylic acid groups (broad SMARTS) is 1. The number of carboxylic acids is 1. The normalized spacial score (nSPS) is 24.5. The van der Waals surface area contributed by atoms with Crippen LogP contribution in [-0.4, -0.2) is 51.6 Å². The number of carbonyl (C=O) groups is 3. The van der Waals surface area contributed by atoms with Gasteiger partial charge in [-0.25, -0.2) is 4.79 Å². The number of nitrogens with zero attached hydrogens (tertiary/aromatic N) is 1. The minimum Gasteiger partial charge on any atom is -0.479 e. The van der Waals surface area contributed by atoms with Gasteiger partial charge in [-0.3, -0.25) is 9.59 Å². The number of anilines is 1. The molecule has 134 valence electrons. The smallest absolute Gasteiger partial charge is 0.335 e. The Morgan fingerprint density at radius 2 is 1.72 bits per heavy atom. The van der Waals surface area contributed by atoms with Crippen LogP contribution in [0.2, 0.25) is 0 Å². The number of nitrogens with one attached hydrogen (secondary N) is 1. The molecular weight excluding hydrogens is 324 g/mol. The Kier molecular flexibility index (Phi) is 4.51. The third kappa shape index (κ3) is 3.66. The van der Waals surface area contributed by atoms with Crippen LogP contribution >= 0.6 is 0 Å². The molecule has 2 unspecified atom stereocenters. The summed E-state index contributed by atoms with van der Waals surface area (Å²) in [5, 5.41) is 21.8. The van der Waals surface area contributed by atoms with Crippen LogP contribution in [0, 0.1) is 11.8 Å². The lowest BCUT2D eigenvalue weighted by molar-refractivity contribution is -0.162. The van der Waals surface area contributed by atoms with Crippen LogP contribution in [0.15, 0.2) is 24.3 Å². The average molecular weight is 346 g/mol. The molecule has 3 N–H and O–H groups in total. The Morgan fingerprint density at radius 3 is 2.20 bits per heavy atom. The van der Waals surface area contributed by atoms with Crippen molar-refractivity contribution in [2.45, 2.75) is 31.8 Å². The summed E-state index contributed by atoms with van der Waals surface area (Å²) < 4.78 is 0. The summed E-state index contributed by atoms with van der Waals surface area (Å²) in [4.78, 5) is 37.0. The molecule has 1 saturated heterocycles. The van der Waals surface area contributed by atoms with Gasteiger partial charge in [-0.15, -0.1) is 0 Å². The van der Waals surface area contributed by atoms with Crippen molar-refractivity contribution in [1.82, 2.24) is 4.90 Å². The lowest BCUT2D eigenvalue weighted by Gasteiger charge is -2.35. The summed E-state index contributed by atoms with van der Waals surface area (Å²) in [6.07, 6.45) is 0.948. The molecule has 1 aromatic carbocycles. The van der Waals surface area contributed by atoms with E-state index in [-0.39, 0.29) is 43.7 Å². The van der Waals surface area contributed by atoms with Crippen molar-refractivity contribution in [1.29, 1.82) is 0 Å². The van der Waals surface area contributed by atoms with E-state index in [1.54, 1.807) is 24.3 Å². The maximum atomic E-state index is 12.5. The number of aliphatic hydroxyl groups is 1.